The molecular formula is C8H13N3O. The van der Waals surface area contributed by atoms with Gasteiger partial charge in [-0.25, -0.2) is 4.98 Å². The second kappa shape index (κ2) is 2.57. The molecule has 0 bridgehead atoms. The Morgan fingerprint density at radius 2 is 2.25 bits per heavy atom. The van der Waals surface area contributed by atoms with E-state index in [-0.39, 0.29) is 0 Å². The summed E-state index contributed by atoms with van der Waals surface area (Å²) in [6.45, 7) is 5.34. The number of aromatic nitrogens is 2. The highest BCUT2D eigenvalue weighted by Crippen LogP contribution is 2.21. The van der Waals surface area contributed by atoms with Gasteiger partial charge in [-0.05, 0) is 0 Å². The lowest BCUT2D eigenvalue weighted by molar-refractivity contribution is -0.0981. The third-order valence-electron chi connectivity index (χ3n) is 2.10. The normalized spacial score (nSPS) is 17.3. The summed E-state index contributed by atoms with van der Waals surface area (Å²) in [6.07, 6.45) is 0. The quantitative estimate of drug-likeness (QED) is 0.661. The van der Waals surface area contributed by atoms with Crippen molar-refractivity contribution in [2.24, 2.45) is 0 Å². The molecule has 0 aliphatic carbocycles. The molecule has 1 aromatic heterocycles. The van der Waals surface area contributed by atoms with Crippen LogP contribution in [0.15, 0.2) is 0 Å². The molecule has 0 atom stereocenters. The molecule has 66 valence electrons. The topological polar surface area (TPSA) is 52.2 Å². The Bertz CT molecular complexity index is 269. The van der Waals surface area contributed by atoms with Gasteiger partial charge >= 0.3 is 0 Å². The molecule has 0 fully saturated rings. The van der Waals surface area contributed by atoms with Gasteiger partial charge in [0.2, 0.25) is 0 Å². The Hall–Kier alpha value is -0.870. The summed E-state index contributed by atoms with van der Waals surface area (Å²) in [5, 5.41) is 10.4. The Labute approximate surface area is 71.2 Å². The van der Waals surface area contributed by atoms with Gasteiger partial charge in [0.25, 0.3) is 0 Å². The standard InChI is InChI=1S/C8H13N3O/c1-5(2)8-9-6-3-11(12)4-7(6)10-8/h5,12H,3-4H2,1-2H3,(H,9,10). The second-order valence-corrected chi connectivity index (χ2v) is 3.52. The van der Waals surface area contributed by atoms with Crippen molar-refractivity contribution in [1.82, 2.24) is 15.0 Å². The fraction of sp³-hybridized carbons (Fsp3) is 0.625. The predicted molar refractivity (Wildman–Crippen MR) is 43.7 cm³/mol. The fourth-order valence-corrected chi connectivity index (χ4v) is 1.41. The highest BCUT2D eigenvalue weighted by molar-refractivity contribution is 5.19. The molecule has 0 spiro atoms. The zero-order chi connectivity index (χ0) is 8.72. The number of imidazole rings is 1. The SMILES string of the molecule is CC(C)c1nc2c([nH]1)CN(O)C2. The van der Waals surface area contributed by atoms with E-state index in [0.29, 0.717) is 19.0 Å². The summed E-state index contributed by atoms with van der Waals surface area (Å²) in [4.78, 5) is 7.59. The van der Waals surface area contributed by atoms with Gasteiger partial charge in [0.15, 0.2) is 0 Å². The van der Waals surface area contributed by atoms with Crippen molar-refractivity contribution < 1.29 is 5.21 Å². The molecule has 2 N–H and O–H groups in total. The molecule has 0 unspecified atom stereocenters. The van der Waals surface area contributed by atoms with E-state index in [2.05, 4.69) is 23.8 Å². The number of H-pyrrole nitrogens is 1. The van der Waals surface area contributed by atoms with Gasteiger partial charge in [-0.1, -0.05) is 13.8 Å². The molecule has 2 heterocycles. The minimum atomic E-state index is 0.433. The van der Waals surface area contributed by atoms with E-state index >= 15 is 0 Å². The predicted octanol–water partition coefficient (Wildman–Crippen LogP) is 1.24. The fourth-order valence-electron chi connectivity index (χ4n) is 1.41. The van der Waals surface area contributed by atoms with Crippen LogP contribution < -0.4 is 0 Å². The van der Waals surface area contributed by atoms with E-state index in [4.69, 9.17) is 5.21 Å². The van der Waals surface area contributed by atoms with Gasteiger partial charge in [0.05, 0.1) is 24.5 Å². The summed E-state index contributed by atoms with van der Waals surface area (Å²) >= 11 is 0. The van der Waals surface area contributed by atoms with Crippen molar-refractivity contribution in [3.63, 3.8) is 0 Å². The van der Waals surface area contributed by atoms with E-state index in [1.54, 1.807) is 0 Å². The summed E-state index contributed by atoms with van der Waals surface area (Å²) in [5.74, 6) is 1.45. The average molecular weight is 167 g/mol. The first-order valence-electron chi connectivity index (χ1n) is 4.18. The first kappa shape index (κ1) is 7.76. The van der Waals surface area contributed by atoms with Crippen LogP contribution in [0.2, 0.25) is 0 Å². The zero-order valence-electron chi connectivity index (χ0n) is 7.33. The Kier molecular flexibility index (Phi) is 1.66. The molecule has 0 amide bonds. The van der Waals surface area contributed by atoms with Crippen LogP contribution in [-0.4, -0.2) is 20.2 Å². The summed E-state index contributed by atoms with van der Waals surface area (Å²) < 4.78 is 0. The van der Waals surface area contributed by atoms with Crippen molar-refractivity contribution in [2.45, 2.75) is 32.9 Å². The van der Waals surface area contributed by atoms with E-state index in [1.807, 2.05) is 0 Å². The molecule has 4 nitrogen and oxygen atoms in total. The lowest BCUT2D eigenvalue weighted by Crippen LogP contribution is -2.10. The monoisotopic (exact) mass is 167 g/mol. The molecule has 0 saturated carbocycles. The molecular weight excluding hydrogens is 154 g/mol. The molecule has 12 heavy (non-hydrogen) atoms. The third-order valence-corrected chi connectivity index (χ3v) is 2.10. The van der Waals surface area contributed by atoms with Gasteiger partial charge in [0, 0.05) is 5.92 Å². The molecule has 2 rings (SSSR count). The van der Waals surface area contributed by atoms with Crippen molar-refractivity contribution >= 4 is 0 Å². The van der Waals surface area contributed by atoms with E-state index in [1.165, 1.54) is 5.06 Å². The number of hydrogen-bond acceptors (Lipinski definition) is 3. The van der Waals surface area contributed by atoms with Crippen LogP contribution in [0.1, 0.15) is 37.0 Å². The molecule has 4 heteroatoms. The van der Waals surface area contributed by atoms with Crippen molar-refractivity contribution in [1.29, 1.82) is 0 Å². The highest BCUT2D eigenvalue weighted by atomic mass is 16.5. The van der Waals surface area contributed by atoms with Crippen molar-refractivity contribution in [2.75, 3.05) is 0 Å². The van der Waals surface area contributed by atoms with Crippen LogP contribution in [-0.2, 0) is 13.1 Å². The average Bonchev–Trinajstić information content (AvgIpc) is 2.42. The number of fused-ring (bicyclic) bond motifs is 1. The van der Waals surface area contributed by atoms with Gasteiger partial charge in [-0.2, -0.15) is 5.06 Å². The van der Waals surface area contributed by atoms with Crippen LogP contribution in [0, 0.1) is 0 Å². The maximum absolute atomic E-state index is 9.14. The largest absolute Gasteiger partial charge is 0.344 e. The number of rotatable bonds is 1. The second-order valence-electron chi connectivity index (χ2n) is 3.52. The Balaban J connectivity index is 2.28. The molecule has 1 aliphatic heterocycles. The van der Waals surface area contributed by atoms with E-state index in [0.717, 1.165) is 17.2 Å². The molecule has 0 aromatic carbocycles. The molecule has 1 aromatic rings. The van der Waals surface area contributed by atoms with Crippen molar-refractivity contribution in [3.05, 3.63) is 17.2 Å². The first-order chi connectivity index (χ1) is 5.66. The summed E-state index contributed by atoms with van der Waals surface area (Å²) in [7, 11) is 0. The van der Waals surface area contributed by atoms with Gasteiger partial charge in [-0.15, -0.1) is 0 Å². The van der Waals surface area contributed by atoms with Crippen LogP contribution in [0.3, 0.4) is 0 Å². The van der Waals surface area contributed by atoms with Crippen LogP contribution >= 0.6 is 0 Å². The number of nitrogens with zero attached hydrogens (tertiary/aromatic N) is 2. The Morgan fingerprint density at radius 1 is 1.50 bits per heavy atom. The molecule has 0 radical (unpaired) electrons. The first-order valence-corrected chi connectivity index (χ1v) is 4.18. The minimum Gasteiger partial charge on any atom is -0.344 e. The molecule has 0 saturated heterocycles. The van der Waals surface area contributed by atoms with E-state index < -0.39 is 0 Å². The third kappa shape index (κ3) is 1.13. The number of aromatic amines is 1. The number of nitrogens with one attached hydrogen (secondary N) is 1. The van der Waals surface area contributed by atoms with Gasteiger partial charge in [-0.3, -0.25) is 0 Å². The maximum atomic E-state index is 9.14. The minimum absolute atomic E-state index is 0.433. The number of hydroxylamine groups is 2. The van der Waals surface area contributed by atoms with Crippen LogP contribution in [0.4, 0.5) is 0 Å². The zero-order valence-corrected chi connectivity index (χ0v) is 7.33. The Morgan fingerprint density at radius 3 is 2.83 bits per heavy atom. The van der Waals surface area contributed by atoms with Crippen LogP contribution in [0.5, 0.6) is 0 Å². The smallest absolute Gasteiger partial charge is 0.109 e. The molecule has 1 aliphatic rings. The van der Waals surface area contributed by atoms with Crippen molar-refractivity contribution in [3.8, 4) is 0 Å². The summed E-state index contributed by atoms with van der Waals surface area (Å²) in [6, 6.07) is 0. The lowest BCUT2D eigenvalue weighted by atomic mass is 10.2. The maximum Gasteiger partial charge on any atom is 0.109 e. The van der Waals surface area contributed by atoms with E-state index in [9.17, 15) is 0 Å². The lowest BCUT2D eigenvalue weighted by Gasteiger charge is -2.04. The van der Waals surface area contributed by atoms with Crippen LogP contribution in [0.25, 0.3) is 0 Å². The summed E-state index contributed by atoms with van der Waals surface area (Å²) in [5.41, 5.74) is 2.04. The highest BCUT2D eigenvalue weighted by Gasteiger charge is 2.22. The van der Waals surface area contributed by atoms with Gasteiger partial charge in [0.1, 0.15) is 5.82 Å². The number of hydrogen-bond donors (Lipinski definition) is 2. The van der Waals surface area contributed by atoms with Gasteiger partial charge < -0.3 is 10.2 Å².